The van der Waals surface area contributed by atoms with E-state index in [2.05, 4.69) is 19.2 Å². The van der Waals surface area contributed by atoms with E-state index in [0.717, 1.165) is 57.8 Å². The SMILES string of the molecule is CCCCCCCCCCCCCCCCCCCCCCCCCC(O)C(CO)NC(=O)CCCCCCCCCCCCOC(=O)CCCCCCCCCCCCCCCCCCCCC. The normalized spacial score (nSPS) is 12.5. The van der Waals surface area contributed by atoms with Gasteiger partial charge in [-0.3, -0.25) is 9.59 Å². The molecule has 3 N–H and O–H groups in total. The Morgan fingerprint density at radius 2 is 0.594 bits per heavy atom. The number of aliphatic hydroxyl groups is 2. The fourth-order valence-electron chi connectivity index (χ4n) is 10.3. The zero-order chi connectivity index (χ0) is 50.0. The van der Waals surface area contributed by atoms with Crippen LogP contribution >= 0.6 is 0 Å². The molecule has 6 nitrogen and oxygen atoms in total. The van der Waals surface area contributed by atoms with Gasteiger partial charge in [0.1, 0.15) is 0 Å². The first-order chi connectivity index (χ1) is 34.0. The second kappa shape index (κ2) is 59.4. The van der Waals surface area contributed by atoms with Crippen LogP contribution in [0.4, 0.5) is 0 Å². The molecular weight excluding hydrogens is 851 g/mol. The molecule has 0 bridgehead atoms. The zero-order valence-electron chi connectivity index (χ0n) is 47.1. The number of esters is 1. The number of ether oxygens (including phenoxy) is 1. The van der Waals surface area contributed by atoms with Gasteiger partial charge in [0.15, 0.2) is 0 Å². The van der Waals surface area contributed by atoms with E-state index in [0.29, 0.717) is 25.9 Å². The van der Waals surface area contributed by atoms with Gasteiger partial charge in [0.2, 0.25) is 5.91 Å². The Kier molecular flexibility index (Phi) is 58.4. The van der Waals surface area contributed by atoms with Gasteiger partial charge in [-0.2, -0.15) is 0 Å². The Labute approximate surface area is 432 Å². The van der Waals surface area contributed by atoms with Gasteiger partial charge in [-0.15, -0.1) is 0 Å². The predicted octanol–water partition coefficient (Wildman–Crippen LogP) is 19.9. The summed E-state index contributed by atoms with van der Waals surface area (Å²) in [5.41, 5.74) is 0. The van der Waals surface area contributed by atoms with Crippen molar-refractivity contribution in [1.29, 1.82) is 0 Å². The molecule has 0 aliphatic heterocycles. The molecule has 0 aromatic heterocycles. The number of carbonyl (C=O) groups excluding carboxylic acids is 2. The molecule has 0 aromatic carbocycles. The summed E-state index contributed by atoms with van der Waals surface area (Å²) >= 11 is 0. The summed E-state index contributed by atoms with van der Waals surface area (Å²) in [6.45, 7) is 4.95. The Morgan fingerprint density at radius 1 is 0.348 bits per heavy atom. The summed E-state index contributed by atoms with van der Waals surface area (Å²) < 4.78 is 5.49. The molecule has 2 atom stereocenters. The van der Waals surface area contributed by atoms with Crippen LogP contribution in [0.1, 0.15) is 367 Å². The van der Waals surface area contributed by atoms with Crippen LogP contribution in [0.15, 0.2) is 0 Å². The molecule has 0 heterocycles. The molecule has 0 aliphatic carbocycles. The van der Waals surface area contributed by atoms with Gasteiger partial charge in [-0.25, -0.2) is 0 Å². The van der Waals surface area contributed by atoms with E-state index in [1.807, 2.05) is 0 Å². The first-order valence-electron chi connectivity index (χ1n) is 31.8. The van der Waals surface area contributed by atoms with Crippen molar-refractivity contribution in [3.05, 3.63) is 0 Å². The summed E-state index contributed by atoms with van der Waals surface area (Å²) in [5.74, 6) is -0.0641. The molecule has 1 amide bonds. The summed E-state index contributed by atoms with van der Waals surface area (Å²) in [7, 11) is 0. The lowest BCUT2D eigenvalue weighted by molar-refractivity contribution is -0.143. The summed E-state index contributed by atoms with van der Waals surface area (Å²) in [4.78, 5) is 24.6. The molecule has 6 heteroatoms. The van der Waals surface area contributed by atoms with Crippen LogP contribution in [-0.2, 0) is 14.3 Å². The van der Waals surface area contributed by atoms with Crippen molar-refractivity contribution in [3.8, 4) is 0 Å². The van der Waals surface area contributed by atoms with E-state index in [4.69, 9.17) is 4.74 Å². The van der Waals surface area contributed by atoms with E-state index < -0.39 is 12.1 Å². The number of hydrogen-bond donors (Lipinski definition) is 3. The van der Waals surface area contributed by atoms with Gasteiger partial charge in [0.05, 0.1) is 25.4 Å². The second-order valence-electron chi connectivity index (χ2n) is 22.1. The molecule has 0 aromatic rings. The van der Waals surface area contributed by atoms with E-state index in [1.165, 1.54) is 276 Å². The van der Waals surface area contributed by atoms with E-state index in [-0.39, 0.29) is 18.5 Å². The predicted molar refractivity (Wildman–Crippen MR) is 301 cm³/mol. The Morgan fingerprint density at radius 3 is 0.884 bits per heavy atom. The minimum absolute atomic E-state index is 0.0121. The van der Waals surface area contributed by atoms with Crippen molar-refractivity contribution in [2.45, 2.75) is 379 Å². The molecule has 69 heavy (non-hydrogen) atoms. The lowest BCUT2D eigenvalue weighted by Crippen LogP contribution is -2.45. The Bertz CT molecular complexity index is 990. The van der Waals surface area contributed by atoms with Crippen LogP contribution < -0.4 is 5.32 Å². The second-order valence-corrected chi connectivity index (χ2v) is 22.1. The zero-order valence-corrected chi connectivity index (χ0v) is 47.1. The van der Waals surface area contributed by atoms with Gasteiger partial charge < -0.3 is 20.3 Å². The number of aliphatic hydroxyl groups excluding tert-OH is 2. The Balaban J connectivity index is 3.42. The monoisotopic (exact) mass is 976 g/mol. The van der Waals surface area contributed by atoms with Gasteiger partial charge >= 0.3 is 5.97 Å². The topological polar surface area (TPSA) is 95.9 Å². The molecule has 0 aliphatic rings. The number of unbranched alkanes of at least 4 members (excludes halogenated alkanes) is 49. The van der Waals surface area contributed by atoms with Crippen molar-refractivity contribution in [1.82, 2.24) is 5.32 Å². The number of hydrogen-bond acceptors (Lipinski definition) is 5. The van der Waals surface area contributed by atoms with Gasteiger partial charge in [-0.1, -0.05) is 328 Å². The highest BCUT2D eigenvalue weighted by molar-refractivity contribution is 5.76. The molecule has 0 fully saturated rings. The first kappa shape index (κ1) is 67.9. The standard InChI is InChI=1S/C63H125NO5/c1-3-5-7-9-11-13-15-17-19-21-23-24-25-26-28-29-31-33-35-39-43-47-51-55-61(66)60(59-65)64-62(67)56-52-48-44-40-37-38-42-46-50-54-58-69-63(68)57-53-49-45-41-36-34-32-30-27-22-20-18-16-14-12-10-8-6-4-2/h60-61,65-66H,3-59H2,1-2H3,(H,64,67). The smallest absolute Gasteiger partial charge is 0.305 e. The maximum Gasteiger partial charge on any atom is 0.305 e. The van der Waals surface area contributed by atoms with Gasteiger partial charge in [0, 0.05) is 12.8 Å². The minimum Gasteiger partial charge on any atom is -0.466 e. The molecule has 2 unspecified atom stereocenters. The fourth-order valence-corrected chi connectivity index (χ4v) is 10.3. The lowest BCUT2D eigenvalue weighted by atomic mass is 10.0. The highest BCUT2D eigenvalue weighted by Gasteiger charge is 2.20. The third-order valence-corrected chi connectivity index (χ3v) is 15.2. The first-order valence-corrected chi connectivity index (χ1v) is 31.8. The van der Waals surface area contributed by atoms with Crippen LogP contribution in [0, 0.1) is 0 Å². The third-order valence-electron chi connectivity index (χ3n) is 15.2. The largest absolute Gasteiger partial charge is 0.466 e. The summed E-state index contributed by atoms with van der Waals surface area (Å²) in [6.07, 6.45) is 69.7. The van der Waals surface area contributed by atoms with Crippen molar-refractivity contribution >= 4 is 11.9 Å². The summed E-state index contributed by atoms with van der Waals surface area (Å²) in [6, 6.07) is -0.558. The lowest BCUT2D eigenvalue weighted by Gasteiger charge is -2.22. The van der Waals surface area contributed by atoms with Crippen LogP contribution in [0.2, 0.25) is 0 Å². The maximum atomic E-state index is 12.5. The van der Waals surface area contributed by atoms with Gasteiger partial charge in [-0.05, 0) is 25.7 Å². The van der Waals surface area contributed by atoms with Crippen LogP contribution in [0.5, 0.6) is 0 Å². The van der Waals surface area contributed by atoms with E-state index in [9.17, 15) is 19.8 Å². The molecule has 0 radical (unpaired) electrons. The van der Waals surface area contributed by atoms with Crippen molar-refractivity contribution in [2.24, 2.45) is 0 Å². The fraction of sp³-hybridized carbons (Fsp3) is 0.968. The van der Waals surface area contributed by atoms with Crippen LogP contribution in [0.25, 0.3) is 0 Å². The number of rotatable bonds is 60. The minimum atomic E-state index is -0.679. The molecule has 0 saturated carbocycles. The summed E-state index contributed by atoms with van der Waals surface area (Å²) in [5, 5.41) is 23.4. The Hall–Kier alpha value is -1.14. The quantitative estimate of drug-likeness (QED) is 0.0417. The molecule has 412 valence electrons. The molecular formula is C63H125NO5. The number of nitrogens with one attached hydrogen (secondary N) is 1. The number of amides is 1. The molecule has 0 rings (SSSR count). The molecule has 0 saturated heterocycles. The highest BCUT2D eigenvalue weighted by atomic mass is 16.5. The average Bonchev–Trinajstić information content (AvgIpc) is 3.35. The highest BCUT2D eigenvalue weighted by Crippen LogP contribution is 2.19. The molecule has 0 spiro atoms. The number of carbonyl (C=O) groups is 2. The van der Waals surface area contributed by atoms with Crippen LogP contribution in [-0.4, -0.2) is 47.4 Å². The van der Waals surface area contributed by atoms with Crippen molar-refractivity contribution < 1.29 is 24.5 Å². The van der Waals surface area contributed by atoms with Crippen molar-refractivity contribution in [3.63, 3.8) is 0 Å². The van der Waals surface area contributed by atoms with E-state index >= 15 is 0 Å². The maximum absolute atomic E-state index is 12.5. The van der Waals surface area contributed by atoms with E-state index in [1.54, 1.807) is 0 Å². The van der Waals surface area contributed by atoms with Gasteiger partial charge in [0.25, 0.3) is 0 Å². The van der Waals surface area contributed by atoms with Crippen molar-refractivity contribution in [2.75, 3.05) is 13.2 Å². The average molecular weight is 977 g/mol. The third kappa shape index (κ3) is 56.0. The van der Waals surface area contributed by atoms with Crippen LogP contribution in [0.3, 0.4) is 0 Å².